The second kappa shape index (κ2) is 6.35. The summed E-state index contributed by atoms with van der Waals surface area (Å²) in [6.45, 7) is -0.0450. The lowest BCUT2D eigenvalue weighted by atomic mass is 10.2. The maximum atomic E-state index is 13.5. The van der Waals surface area contributed by atoms with Crippen molar-refractivity contribution >= 4 is 27.5 Å². The smallest absolute Gasteiger partial charge is 0.131 e. The molecule has 0 heterocycles. The Morgan fingerprint density at radius 2 is 1.95 bits per heavy atom. The lowest BCUT2D eigenvalue weighted by Crippen LogP contribution is -2.00. The van der Waals surface area contributed by atoms with Crippen LogP contribution in [0.2, 0.25) is 5.02 Å². The van der Waals surface area contributed by atoms with Crippen LogP contribution in [0.25, 0.3) is 0 Å². The summed E-state index contributed by atoms with van der Waals surface area (Å²) < 4.78 is 32.2. The van der Waals surface area contributed by atoms with Gasteiger partial charge in [-0.25, -0.2) is 8.78 Å². The van der Waals surface area contributed by atoms with Crippen LogP contribution in [-0.4, -0.2) is 0 Å². The summed E-state index contributed by atoms with van der Waals surface area (Å²) in [5.41, 5.74) is 1.00. The summed E-state index contributed by atoms with van der Waals surface area (Å²) >= 11 is 9.13. The lowest BCUT2D eigenvalue weighted by Gasteiger charge is -2.10. The minimum atomic E-state index is -0.440. The summed E-state index contributed by atoms with van der Waals surface area (Å²) in [5.74, 6) is -0.495. The zero-order valence-corrected chi connectivity index (χ0v) is 12.1. The van der Waals surface area contributed by atoms with Gasteiger partial charge < -0.3 is 4.74 Å². The molecule has 0 saturated carbocycles. The van der Waals surface area contributed by atoms with Crippen molar-refractivity contribution in [1.82, 2.24) is 0 Å². The van der Waals surface area contributed by atoms with E-state index in [2.05, 4.69) is 15.9 Å². The third-order valence-corrected chi connectivity index (χ3v) is 3.53. The van der Waals surface area contributed by atoms with E-state index < -0.39 is 11.6 Å². The van der Waals surface area contributed by atoms with Gasteiger partial charge in [0.15, 0.2) is 0 Å². The van der Waals surface area contributed by atoms with Gasteiger partial charge >= 0.3 is 0 Å². The van der Waals surface area contributed by atoms with Crippen molar-refractivity contribution in [3.63, 3.8) is 0 Å². The number of rotatable bonds is 4. The molecule has 0 aliphatic heterocycles. The van der Waals surface area contributed by atoms with E-state index in [-0.39, 0.29) is 17.2 Å². The Kier molecular flexibility index (Phi) is 4.77. The van der Waals surface area contributed by atoms with Gasteiger partial charge in [-0.05, 0) is 29.8 Å². The Bertz CT molecular complexity index is 569. The molecular weight excluding hydrogens is 338 g/mol. The summed E-state index contributed by atoms with van der Waals surface area (Å²) in [5, 5.41) is 0.804. The maximum absolute atomic E-state index is 13.5. The lowest BCUT2D eigenvalue weighted by molar-refractivity contribution is 0.298. The van der Waals surface area contributed by atoms with Gasteiger partial charge in [0, 0.05) is 17.0 Å². The molecule has 0 fully saturated rings. The molecular formula is C14H10BrClF2O. The first-order chi connectivity index (χ1) is 9.10. The summed E-state index contributed by atoms with van der Waals surface area (Å²) in [4.78, 5) is 0. The Morgan fingerprint density at radius 3 is 2.63 bits per heavy atom. The van der Waals surface area contributed by atoms with Crippen molar-refractivity contribution in [3.05, 3.63) is 64.2 Å². The first-order valence-corrected chi connectivity index (χ1v) is 7.01. The van der Waals surface area contributed by atoms with Crippen molar-refractivity contribution in [2.75, 3.05) is 0 Å². The minimum absolute atomic E-state index is 0.0450. The monoisotopic (exact) mass is 346 g/mol. The molecule has 0 aromatic heterocycles. The van der Waals surface area contributed by atoms with Crippen LogP contribution >= 0.6 is 27.5 Å². The Balaban J connectivity index is 2.16. The van der Waals surface area contributed by atoms with E-state index in [9.17, 15) is 8.78 Å². The van der Waals surface area contributed by atoms with E-state index in [1.165, 1.54) is 24.3 Å². The first kappa shape index (κ1) is 14.3. The Morgan fingerprint density at radius 1 is 1.16 bits per heavy atom. The van der Waals surface area contributed by atoms with Gasteiger partial charge in [0.25, 0.3) is 0 Å². The number of hydrogen-bond donors (Lipinski definition) is 0. The van der Waals surface area contributed by atoms with Gasteiger partial charge in [0.1, 0.15) is 24.0 Å². The number of ether oxygens (including phenoxy) is 1. The van der Waals surface area contributed by atoms with Crippen LogP contribution in [0.15, 0.2) is 36.4 Å². The van der Waals surface area contributed by atoms with Crippen LogP contribution in [0.1, 0.15) is 11.1 Å². The molecule has 0 aliphatic rings. The molecule has 0 radical (unpaired) electrons. The number of hydrogen-bond acceptors (Lipinski definition) is 1. The fraction of sp³-hybridized carbons (Fsp3) is 0.143. The highest BCUT2D eigenvalue weighted by Crippen LogP contribution is 2.23. The molecule has 0 bridgehead atoms. The molecule has 0 aliphatic carbocycles. The average molecular weight is 348 g/mol. The van der Waals surface area contributed by atoms with Crippen molar-refractivity contribution < 1.29 is 13.5 Å². The molecule has 100 valence electrons. The van der Waals surface area contributed by atoms with Gasteiger partial charge in [0.2, 0.25) is 0 Å². The Labute approximate surface area is 123 Å². The third kappa shape index (κ3) is 3.67. The molecule has 19 heavy (non-hydrogen) atoms. The highest BCUT2D eigenvalue weighted by atomic mass is 79.9. The maximum Gasteiger partial charge on any atom is 0.131 e. The quantitative estimate of drug-likeness (QED) is 0.700. The normalized spacial score (nSPS) is 10.5. The molecule has 2 aromatic carbocycles. The van der Waals surface area contributed by atoms with Gasteiger partial charge in [-0.15, -0.1) is 0 Å². The van der Waals surface area contributed by atoms with Gasteiger partial charge in [-0.3, -0.25) is 0 Å². The highest BCUT2D eigenvalue weighted by Gasteiger charge is 2.08. The van der Waals surface area contributed by atoms with Gasteiger partial charge in [-0.2, -0.15) is 0 Å². The van der Waals surface area contributed by atoms with Crippen molar-refractivity contribution in [1.29, 1.82) is 0 Å². The SMILES string of the molecule is Fc1cc(CBr)cc(OCc2c(F)cccc2Cl)c1. The predicted molar refractivity (Wildman–Crippen MR) is 74.8 cm³/mol. The molecule has 0 spiro atoms. The van der Waals surface area contributed by atoms with Crippen LogP contribution in [0.5, 0.6) is 5.75 Å². The van der Waals surface area contributed by atoms with Gasteiger partial charge in [-0.1, -0.05) is 33.6 Å². The van der Waals surface area contributed by atoms with E-state index in [0.717, 1.165) is 5.56 Å². The number of alkyl halides is 1. The second-order valence-corrected chi connectivity index (χ2v) is 4.89. The van der Waals surface area contributed by atoms with Crippen molar-refractivity contribution in [2.24, 2.45) is 0 Å². The van der Waals surface area contributed by atoms with Crippen LogP contribution < -0.4 is 4.74 Å². The highest BCUT2D eigenvalue weighted by molar-refractivity contribution is 9.08. The fourth-order valence-corrected chi connectivity index (χ4v) is 2.15. The van der Waals surface area contributed by atoms with Crippen LogP contribution in [0.4, 0.5) is 8.78 Å². The van der Waals surface area contributed by atoms with Crippen LogP contribution in [0, 0.1) is 11.6 Å². The zero-order chi connectivity index (χ0) is 13.8. The average Bonchev–Trinajstić information content (AvgIpc) is 2.37. The topological polar surface area (TPSA) is 9.23 Å². The Hall–Kier alpha value is -1.13. The summed E-state index contributed by atoms with van der Waals surface area (Å²) in [6.07, 6.45) is 0. The third-order valence-electron chi connectivity index (χ3n) is 2.53. The van der Waals surface area contributed by atoms with Crippen LogP contribution in [-0.2, 0) is 11.9 Å². The number of halogens is 4. The minimum Gasteiger partial charge on any atom is -0.489 e. The van der Waals surface area contributed by atoms with Crippen molar-refractivity contribution in [3.8, 4) is 5.75 Å². The molecule has 0 amide bonds. The molecule has 0 N–H and O–H groups in total. The van der Waals surface area contributed by atoms with E-state index >= 15 is 0 Å². The van der Waals surface area contributed by atoms with Crippen LogP contribution in [0.3, 0.4) is 0 Å². The van der Waals surface area contributed by atoms with E-state index in [1.54, 1.807) is 12.1 Å². The molecule has 2 aromatic rings. The first-order valence-electron chi connectivity index (χ1n) is 5.51. The fourth-order valence-electron chi connectivity index (χ4n) is 1.61. The predicted octanol–water partition coefficient (Wildman–Crippen LogP) is 5.09. The molecule has 1 nitrogen and oxygen atoms in total. The zero-order valence-electron chi connectivity index (χ0n) is 9.80. The van der Waals surface area contributed by atoms with E-state index in [4.69, 9.17) is 16.3 Å². The van der Waals surface area contributed by atoms with E-state index in [0.29, 0.717) is 11.1 Å². The van der Waals surface area contributed by atoms with Gasteiger partial charge in [0.05, 0.1) is 5.02 Å². The molecule has 5 heteroatoms. The van der Waals surface area contributed by atoms with E-state index in [1.807, 2.05) is 0 Å². The van der Waals surface area contributed by atoms with Crippen molar-refractivity contribution in [2.45, 2.75) is 11.9 Å². The summed E-state index contributed by atoms with van der Waals surface area (Å²) in [7, 11) is 0. The molecule has 0 atom stereocenters. The number of benzene rings is 2. The standard InChI is InChI=1S/C14H10BrClF2O/c15-7-9-4-10(17)6-11(5-9)19-8-12-13(16)2-1-3-14(12)18/h1-6H,7-8H2. The largest absolute Gasteiger partial charge is 0.489 e. The summed E-state index contributed by atoms with van der Waals surface area (Å²) in [6, 6.07) is 8.75. The molecule has 0 unspecified atom stereocenters. The molecule has 2 rings (SSSR count). The molecule has 0 saturated heterocycles. The second-order valence-electron chi connectivity index (χ2n) is 3.92.